The van der Waals surface area contributed by atoms with Gasteiger partial charge in [-0.25, -0.2) is 9.59 Å². The van der Waals surface area contributed by atoms with E-state index >= 15 is 0 Å². The molecule has 0 saturated carbocycles. The maximum atomic E-state index is 12.6. The molecule has 0 bridgehead atoms. The Morgan fingerprint density at radius 3 is 2.52 bits per heavy atom. The molecule has 0 spiro atoms. The number of ether oxygens (including phenoxy) is 4. The summed E-state index contributed by atoms with van der Waals surface area (Å²) in [6, 6.07) is 5.44. The van der Waals surface area contributed by atoms with Crippen LogP contribution in [-0.4, -0.2) is 57.6 Å². The Hall–Kier alpha value is -2.74. The fraction of sp³-hybridized carbons (Fsp3) is 0.524. The topological polar surface area (TPSA) is 77.5 Å². The first-order chi connectivity index (χ1) is 14.1. The molecule has 2 aliphatic heterocycles. The minimum absolute atomic E-state index is 0.162. The summed E-state index contributed by atoms with van der Waals surface area (Å²) in [5, 5.41) is 0. The first-order valence-corrected chi connectivity index (χ1v) is 9.88. The Labute approximate surface area is 171 Å². The van der Waals surface area contributed by atoms with E-state index in [1.165, 1.54) is 20.6 Å². The van der Waals surface area contributed by atoms with E-state index in [-0.39, 0.29) is 12.5 Å². The Balaban J connectivity index is 1.96. The second-order valence-electron chi connectivity index (χ2n) is 7.03. The zero-order valence-corrected chi connectivity index (χ0v) is 17.2. The summed E-state index contributed by atoms with van der Waals surface area (Å²) < 4.78 is 20.8. The number of rotatable bonds is 8. The van der Waals surface area contributed by atoms with Gasteiger partial charge in [0.05, 0.1) is 26.5 Å². The number of anilines is 1. The van der Waals surface area contributed by atoms with Gasteiger partial charge in [0.15, 0.2) is 11.5 Å². The number of unbranched alkanes of at least 4 members (excludes halogenated alkanes) is 3. The van der Waals surface area contributed by atoms with Crippen LogP contribution in [0.4, 0.5) is 5.69 Å². The molecule has 1 aromatic rings. The predicted octanol–water partition coefficient (Wildman–Crippen LogP) is 2.68. The molecule has 0 amide bonds. The SMILES string of the molecule is CCCCCCN1CC(C(=O)OC)=C(C(=O)OC)N(c2ccc3c(c2)OCO3)C1. The van der Waals surface area contributed by atoms with Gasteiger partial charge in [-0.3, -0.25) is 4.90 Å². The number of hydrogen-bond acceptors (Lipinski definition) is 8. The molecule has 158 valence electrons. The number of hydrogen-bond donors (Lipinski definition) is 0. The van der Waals surface area contributed by atoms with Crippen LogP contribution < -0.4 is 14.4 Å². The van der Waals surface area contributed by atoms with Gasteiger partial charge in [-0.15, -0.1) is 0 Å². The van der Waals surface area contributed by atoms with Gasteiger partial charge in [0, 0.05) is 24.8 Å². The van der Waals surface area contributed by atoms with Crippen molar-refractivity contribution in [1.82, 2.24) is 4.90 Å². The molecular formula is C21H28N2O6. The molecule has 0 saturated heterocycles. The smallest absolute Gasteiger partial charge is 0.355 e. The van der Waals surface area contributed by atoms with Crippen LogP contribution in [0.25, 0.3) is 0 Å². The number of fused-ring (bicyclic) bond motifs is 1. The first kappa shape index (κ1) is 21.0. The van der Waals surface area contributed by atoms with Gasteiger partial charge in [-0.1, -0.05) is 26.2 Å². The summed E-state index contributed by atoms with van der Waals surface area (Å²) in [4.78, 5) is 29.0. The predicted molar refractivity (Wildman–Crippen MR) is 107 cm³/mol. The molecule has 2 heterocycles. The van der Waals surface area contributed by atoms with Crippen LogP contribution in [0.2, 0.25) is 0 Å². The second kappa shape index (κ2) is 9.65. The lowest BCUT2D eigenvalue weighted by atomic mass is 10.1. The third-order valence-corrected chi connectivity index (χ3v) is 5.09. The Morgan fingerprint density at radius 2 is 1.79 bits per heavy atom. The number of nitrogens with zero attached hydrogens (tertiary/aromatic N) is 2. The van der Waals surface area contributed by atoms with Gasteiger partial charge >= 0.3 is 11.9 Å². The summed E-state index contributed by atoms with van der Waals surface area (Å²) in [6.45, 7) is 3.94. The Morgan fingerprint density at radius 1 is 1.03 bits per heavy atom. The molecule has 0 fully saturated rings. The van der Waals surface area contributed by atoms with Crippen LogP contribution in [-0.2, 0) is 19.1 Å². The molecule has 3 rings (SSSR count). The summed E-state index contributed by atoms with van der Waals surface area (Å²) >= 11 is 0. The summed E-state index contributed by atoms with van der Waals surface area (Å²) in [5.41, 5.74) is 1.20. The average molecular weight is 404 g/mol. The van der Waals surface area contributed by atoms with E-state index < -0.39 is 11.9 Å². The van der Waals surface area contributed by atoms with Gasteiger partial charge in [-0.05, 0) is 18.6 Å². The molecule has 0 radical (unpaired) electrons. The normalized spacial score (nSPS) is 16.2. The Kier molecular flexibility index (Phi) is 6.98. The number of carbonyl (C=O) groups is 2. The van der Waals surface area contributed by atoms with Crippen molar-refractivity contribution in [2.45, 2.75) is 32.6 Å². The molecular weight excluding hydrogens is 376 g/mol. The highest BCUT2D eigenvalue weighted by Gasteiger charge is 2.35. The van der Waals surface area contributed by atoms with Crippen LogP contribution in [0.15, 0.2) is 29.5 Å². The van der Waals surface area contributed by atoms with Gasteiger partial charge in [0.2, 0.25) is 6.79 Å². The highest BCUT2D eigenvalue weighted by Crippen LogP contribution is 2.37. The lowest BCUT2D eigenvalue weighted by Crippen LogP contribution is -2.48. The van der Waals surface area contributed by atoms with E-state index in [1.807, 2.05) is 6.07 Å². The summed E-state index contributed by atoms with van der Waals surface area (Å²) in [6.07, 6.45) is 4.47. The van der Waals surface area contributed by atoms with Crippen LogP contribution in [0.5, 0.6) is 11.5 Å². The zero-order valence-electron chi connectivity index (χ0n) is 17.2. The van der Waals surface area contributed by atoms with Crippen molar-refractivity contribution in [3.63, 3.8) is 0 Å². The van der Waals surface area contributed by atoms with Crippen LogP contribution in [0.1, 0.15) is 32.6 Å². The molecule has 8 heteroatoms. The molecule has 0 aromatic heterocycles. The van der Waals surface area contributed by atoms with E-state index in [0.29, 0.717) is 36.0 Å². The third kappa shape index (κ3) is 4.64. The van der Waals surface area contributed by atoms with E-state index in [0.717, 1.165) is 25.8 Å². The first-order valence-electron chi connectivity index (χ1n) is 9.88. The molecule has 1 aromatic carbocycles. The highest BCUT2D eigenvalue weighted by atomic mass is 16.7. The second-order valence-corrected chi connectivity index (χ2v) is 7.03. The van der Waals surface area contributed by atoms with Crippen molar-refractivity contribution in [1.29, 1.82) is 0 Å². The van der Waals surface area contributed by atoms with Crippen molar-refractivity contribution in [3.05, 3.63) is 29.5 Å². The number of benzene rings is 1. The monoisotopic (exact) mass is 404 g/mol. The lowest BCUT2D eigenvalue weighted by Gasteiger charge is -2.38. The van der Waals surface area contributed by atoms with Gasteiger partial charge < -0.3 is 23.8 Å². The zero-order chi connectivity index (χ0) is 20.8. The molecule has 0 N–H and O–H groups in total. The van der Waals surface area contributed by atoms with E-state index in [9.17, 15) is 9.59 Å². The summed E-state index contributed by atoms with van der Waals surface area (Å²) in [7, 11) is 2.62. The van der Waals surface area contributed by atoms with Gasteiger partial charge in [-0.2, -0.15) is 0 Å². The van der Waals surface area contributed by atoms with Gasteiger partial charge in [0.25, 0.3) is 0 Å². The molecule has 0 atom stereocenters. The van der Waals surface area contributed by atoms with Crippen molar-refractivity contribution >= 4 is 17.6 Å². The van der Waals surface area contributed by atoms with Gasteiger partial charge in [0.1, 0.15) is 5.70 Å². The fourth-order valence-electron chi connectivity index (χ4n) is 3.57. The van der Waals surface area contributed by atoms with Crippen molar-refractivity contribution in [2.75, 3.05) is 45.7 Å². The summed E-state index contributed by atoms with van der Waals surface area (Å²) in [5.74, 6) is 0.147. The Bertz CT molecular complexity index is 791. The molecule has 0 unspecified atom stereocenters. The van der Waals surface area contributed by atoms with Crippen molar-refractivity contribution in [2.24, 2.45) is 0 Å². The van der Waals surface area contributed by atoms with Crippen molar-refractivity contribution < 1.29 is 28.5 Å². The molecule has 0 aliphatic carbocycles. The van der Waals surface area contributed by atoms with Crippen LogP contribution in [0.3, 0.4) is 0 Å². The minimum Gasteiger partial charge on any atom is -0.466 e. The van der Waals surface area contributed by atoms with E-state index in [1.54, 1.807) is 17.0 Å². The lowest BCUT2D eigenvalue weighted by molar-refractivity contribution is -0.140. The molecule has 2 aliphatic rings. The minimum atomic E-state index is -0.575. The van der Waals surface area contributed by atoms with E-state index in [4.69, 9.17) is 18.9 Å². The van der Waals surface area contributed by atoms with E-state index in [2.05, 4.69) is 11.8 Å². The third-order valence-electron chi connectivity index (χ3n) is 5.09. The maximum Gasteiger partial charge on any atom is 0.355 e. The average Bonchev–Trinajstić information content (AvgIpc) is 3.22. The number of carbonyl (C=O) groups excluding carboxylic acids is 2. The van der Waals surface area contributed by atoms with Crippen LogP contribution >= 0.6 is 0 Å². The quantitative estimate of drug-likeness (QED) is 0.483. The maximum absolute atomic E-state index is 12.6. The highest BCUT2D eigenvalue weighted by molar-refractivity contribution is 6.03. The van der Waals surface area contributed by atoms with Crippen LogP contribution in [0, 0.1) is 0 Å². The number of esters is 2. The standard InChI is InChI=1S/C21H28N2O6/c1-4-5-6-7-10-22-12-16(20(24)26-2)19(21(25)27-3)23(13-22)15-8-9-17-18(11-15)29-14-28-17/h8-9,11H,4-7,10,12-14H2,1-3H3. The largest absolute Gasteiger partial charge is 0.466 e. The van der Waals surface area contributed by atoms with Crippen molar-refractivity contribution in [3.8, 4) is 11.5 Å². The fourth-order valence-corrected chi connectivity index (χ4v) is 3.57. The molecule has 8 nitrogen and oxygen atoms in total. The molecule has 29 heavy (non-hydrogen) atoms. The number of methoxy groups -OCH3 is 2.